The van der Waals surface area contributed by atoms with E-state index < -0.39 is 17.7 Å². The van der Waals surface area contributed by atoms with Gasteiger partial charge in [0.05, 0.1) is 12.2 Å². The highest BCUT2D eigenvalue weighted by atomic mass is 19.2. The van der Waals surface area contributed by atoms with E-state index in [2.05, 4.69) is 25.5 Å². The van der Waals surface area contributed by atoms with Gasteiger partial charge in [0.1, 0.15) is 0 Å². The Kier molecular flexibility index (Phi) is 5.06. The largest absolute Gasteiger partial charge is 0.341 e. The number of carbonyl (C=O) groups excluding carboxylic acids is 1. The minimum absolute atomic E-state index is 0.174. The summed E-state index contributed by atoms with van der Waals surface area (Å²) < 4.78 is 26.0. The topological polar surface area (TPSA) is 70.2 Å². The molecular formula is C17H19F2N5O. The molecule has 2 aromatic rings. The van der Waals surface area contributed by atoms with E-state index in [0.29, 0.717) is 11.6 Å². The van der Waals surface area contributed by atoms with Crippen molar-refractivity contribution in [3.63, 3.8) is 0 Å². The highest BCUT2D eigenvalue weighted by molar-refractivity contribution is 5.89. The molecule has 2 heterocycles. The van der Waals surface area contributed by atoms with E-state index in [-0.39, 0.29) is 12.2 Å². The summed E-state index contributed by atoms with van der Waals surface area (Å²) >= 11 is 0. The van der Waals surface area contributed by atoms with Crippen LogP contribution in [0.5, 0.6) is 0 Å². The van der Waals surface area contributed by atoms with Gasteiger partial charge in [-0.3, -0.25) is 0 Å². The summed E-state index contributed by atoms with van der Waals surface area (Å²) in [7, 11) is 0. The van der Waals surface area contributed by atoms with E-state index in [0.717, 1.165) is 43.8 Å². The summed E-state index contributed by atoms with van der Waals surface area (Å²) in [6.07, 6.45) is 2.25. The molecule has 2 N–H and O–H groups in total. The van der Waals surface area contributed by atoms with Gasteiger partial charge in [0.25, 0.3) is 0 Å². The number of aryl methyl sites for hydroxylation is 1. The average molecular weight is 347 g/mol. The molecule has 0 spiro atoms. The molecule has 0 atom stereocenters. The molecule has 0 saturated carbocycles. The number of nitrogens with one attached hydrogen (secondary N) is 2. The fraction of sp³-hybridized carbons (Fsp3) is 0.353. The summed E-state index contributed by atoms with van der Waals surface area (Å²) in [4.78, 5) is 23.0. The third-order valence-corrected chi connectivity index (χ3v) is 3.89. The molecule has 0 radical (unpaired) electrons. The van der Waals surface area contributed by atoms with Crippen molar-refractivity contribution >= 4 is 17.7 Å². The van der Waals surface area contributed by atoms with E-state index in [1.54, 1.807) is 6.07 Å². The Morgan fingerprint density at radius 3 is 2.64 bits per heavy atom. The van der Waals surface area contributed by atoms with Crippen LogP contribution in [0.2, 0.25) is 0 Å². The van der Waals surface area contributed by atoms with E-state index in [4.69, 9.17) is 0 Å². The molecule has 1 aromatic heterocycles. The highest BCUT2D eigenvalue weighted by Gasteiger charge is 2.16. The number of anilines is 2. The lowest BCUT2D eigenvalue weighted by molar-refractivity contribution is 0.251. The highest BCUT2D eigenvalue weighted by Crippen LogP contribution is 2.17. The number of urea groups is 1. The van der Waals surface area contributed by atoms with Gasteiger partial charge in [0.15, 0.2) is 11.6 Å². The number of carbonyl (C=O) groups is 1. The van der Waals surface area contributed by atoms with Gasteiger partial charge in [0.2, 0.25) is 5.95 Å². The smallest absolute Gasteiger partial charge is 0.319 e. The Bertz CT molecular complexity index is 778. The predicted octanol–water partition coefficient (Wildman–Crippen LogP) is 2.99. The summed E-state index contributed by atoms with van der Waals surface area (Å²) in [5, 5.41) is 5.11. The molecule has 0 unspecified atom stereocenters. The van der Waals surface area contributed by atoms with Crippen LogP contribution in [0, 0.1) is 18.6 Å². The van der Waals surface area contributed by atoms with Crippen molar-refractivity contribution in [2.45, 2.75) is 26.3 Å². The lowest BCUT2D eigenvalue weighted by atomic mass is 10.3. The third-order valence-electron chi connectivity index (χ3n) is 3.89. The zero-order valence-electron chi connectivity index (χ0n) is 13.9. The first-order valence-corrected chi connectivity index (χ1v) is 8.11. The van der Waals surface area contributed by atoms with E-state index in [9.17, 15) is 13.6 Å². The van der Waals surface area contributed by atoms with E-state index in [1.807, 2.05) is 6.92 Å². The lowest BCUT2D eigenvalue weighted by Crippen LogP contribution is -2.29. The molecule has 1 aliphatic rings. The number of hydrogen-bond acceptors (Lipinski definition) is 4. The summed E-state index contributed by atoms with van der Waals surface area (Å²) in [6, 6.07) is 4.46. The Labute approximate surface area is 144 Å². The van der Waals surface area contributed by atoms with Gasteiger partial charge in [-0.25, -0.2) is 23.5 Å². The van der Waals surface area contributed by atoms with E-state index in [1.165, 1.54) is 6.07 Å². The third kappa shape index (κ3) is 4.40. The zero-order chi connectivity index (χ0) is 17.8. The first-order chi connectivity index (χ1) is 12.0. The van der Waals surface area contributed by atoms with Crippen LogP contribution in [0.3, 0.4) is 0 Å². The number of hydrogen-bond donors (Lipinski definition) is 2. The zero-order valence-corrected chi connectivity index (χ0v) is 13.9. The van der Waals surface area contributed by atoms with Gasteiger partial charge in [-0.05, 0) is 38.0 Å². The van der Waals surface area contributed by atoms with Crippen LogP contribution < -0.4 is 15.5 Å². The second-order valence-electron chi connectivity index (χ2n) is 5.93. The number of amides is 2. The second kappa shape index (κ2) is 7.42. The van der Waals surface area contributed by atoms with Crippen molar-refractivity contribution in [1.29, 1.82) is 0 Å². The van der Waals surface area contributed by atoms with Gasteiger partial charge >= 0.3 is 6.03 Å². The number of halogens is 2. The standard InChI is InChI=1S/C17H19F2N5O/c1-11-8-13(22-16(21-11)24-6-2-3-7-24)10-20-17(25)23-12-4-5-14(18)15(19)9-12/h4-5,8-9H,2-3,6-7,10H2,1H3,(H2,20,23,25). The maximum absolute atomic E-state index is 13.1. The van der Waals surface area contributed by atoms with Crippen LogP contribution in [-0.4, -0.2) is 29.1 Å². The summed E-state index contributed by atoms with van der Waals surface area (Å²) in [5.74, 6) is -1.30. The quantitative estimate of drug-likeness (QED) is 0.892. The van der Waals surface area contributed by atoms with Crippen molar-refractivity contribution in [2.24, 2.45) is 0 Å². The van der Waals surface area contributed by atoms with Crippen molar-refractivity contribution in [3.05, 3.63) is 47.3 Å². The van der Waals surface area contributed by atoms with Gasteiger partial charge in [0, 0.05) is 30.5 Å². The van der Waals surface area contributed by atoms with Gasteiger partial charge in [-0.2, -0.15) is 0 Å². The number of rotatable bonds is 4. The molecule has 0 aliphatic carbocycles. The molecule has 8 heteroatoms. The molecule has 1 fully saturated rings. The number of benzene rings is 1. The second-order valence-corrected chi connectivity index (χ2v) is 5.93. The Hall–Kier alpha value is -2.77. The van der Waals surface area contributed by atoms with Crippen LogP contribution in [0.15, 0.2) is 24.3 Å². The summed E-state index contributed by atoms with van der Waals surface area (Å²) in [6.45, 7) is 3.96. The van der Waals surface area contributed by atoms with Crippen molar-refractivity contribution in [1.82, 2.24) is 15.3 Å². The Morgan fingerprint density at radius 2 is 1.92 bits per heavy atom. The first-order valence-electron chi connectivity index (χ1n) is 8.11. The molecule has 132 valence electrons. The molecule has 1 saturated heterocycles. The predicted molar refractivity (Wildman–Crippen MR) is 90.4 cm³/mol. The molecule has 1 aromatic carbocycles. The van der Waals surface area contributed by atoms with Crippen molar-refractivity contribution in [3.8, 4) is 0 Å². The van der Waals surface area contributed by atoms with Gasteiger partial charge < -0.3 is 15.5 Å². The first kappa shape index (κ1) is 17.1. The van der Waals surface area contributed by atoms with Crippen molar-refractivity contribution in [2.75, 3.05) is 23.3 Å². The van der Waals surface area contributed by atoms with Gasteiger partial charge in [-0.15, -0.1) is 0 Å². The molecule has 2 amide bonds. The number of aromatic nitrogens is 2. The molecule has 0 bridgehead atoms. The Balaban J connectivity index is 1.60. The Morgan fingerprint density at radius 1 is 1.16 bits per heavy atom. The van der Waals surface area contributed by atoms with Crippen LogP contribution in [0.25, 0.3) is 0 Å². The maximum Gasteiger partial charge on any atom is 0.319 e. The lowest BCUT2D eigenvalue weighted by Gasteiger charge is -2.16. The van der Waals surface area contributed by atoms with E-state index >= 15 is 0 Å². The summed E-state index contributed by atoms with van der Waals surface area (Å²) in [5.41, 5.74) is 1.69. The SMILES string of the molecule is Cc1cc(CNC(=O)Nc2ccc(F)c(F)c2)nc(N2CCCC2)n1. The average Bonchev–Trinajstić information content (AvgIpc) is 3.10. The van der Waals surface area contributed by atoms with Crippen molar-refractivity contribution < 1.29 is 13.6 Å². The van der Waals surface area contributed by atoms with Crippen LogP contribution in [0.4, 0.5) is 25.2 Å². The molecule has 1 aliphatic heterocycles. The van der Waals surface area contributed by atoms with Crippen LogP contribution >= 0.6 is 0 Å². The molecule has 3 rings (SSSR count). The van der Waals surface area contributed by atoms with Crippen LogP contribution in [0.1, 0.15) is 24.2 Å². The molecule has 6 nitrogen and oxygen atoms in total. The maximum atomic E-state index is 13.1. The fourth-order valence-electron chi connectivity index (χ4n) is 2.69. The number of nitrogens with zero attached hydrogens (tertiary/aromatic N) is 3. The van der Waals surface area contributed by atoms with Gasteiger partial charge in [-0.1, -0.05) is 0 Å². The van der Waals surface area contributed by atoms with Crippen LogP contribution in [-0.2, 0) is 6.54 Å². The normalized spacial score (nSPS) is 13.8. The minimum Gasteiger partial charge on any atom is -0.341 e. The molecular weight excluding hydrogens is 328 g/mol. The monoisotopic (exact) mass is 347 g/mol. The molecule has 25 heavy (non-hydrogen) atoms. The minimum atomic E-state index is -1.01. The fourth-order valence-corrected chi connectivity index (χ4v) is 2.69.